The highest BCUT2D eigenvalue weighted by atomic mass is 14.9. The van der Waals surface area contributed by atoms with Crippen molar-refractivity contribution in [2.75, 3.05) is 6.54 Å². The van der Waals surface area contributed by atoms with Gasteiger partial charge in [0.1, 0.15) is 0 Å². The van der Waals surface area contributed by atoms with Gasteiger partial charge in [0.2, 0.25) is 0 Å². The van der Waals surface area contributed by atoms with E-state index in [0.717, 1.165) is 17.9 Å². The number of rotatable bonds is 4. The van der Waals surface area contributed by atoms with Crippen LogP contribution in [0, 0.1) is 27.7 Å². The minimum absolute atomic E-state index is 0.236. The summed E-state index contributed by atoms with van der Waals surface area (Å²) in [6.07, 6.45) is 0. The van der Waals surface area contributed by atoms with E-state index in [4.69, 9.17) is 0 Å². The van der Waals surface area contributed by atoms with Crippen LogP contribution in [0.15, 0.2) is 30.3 Å². The van der Waals surface area contributed by atoms with Gasteiger partial charge in [-0.1, -0.05) is 25.1 Å². The molecule has 2 nitrogen and oxygen atoms in total. The normalized spacial score (nSPS) is 12.4. The molecule has 1 atom stereocenters. The molecular weight excluding hydrogens is 244 g/mol. The summed E-state index contributed by atoms with van der Waals surface area (Å²) in [6, 6.07) is 11.1. The predicted octanol–water partition coefficient (Wildman–Crippen LogP) is 4.01. The van der Waals surface area contributed by atoms with Crippen molar-refractivity contribution >= 4 is 0 Å². The van der Waals surface area contributed by atoms with Crippen molar-refractivity contribution in [2.45, 2.75) is 40.7 Å². The molecule has 0 radical (unpaired) electrons. The highest BCUT2D eigenvalue weighted by Gasteiger charge is 2.16. The number of aromatic nitrogens is 1. The molecule has 1 N–H and O–H groups in total. The average molecular weight is 268 g/mol. The fourth-order valence-electron chi connectivity index (χ4n) is 2.73. The van der Waals surface area contributed by atoms with Gasteiger partial charge >= 0.3 is 0 Å². The molecule has 1 unspecified atom stereocenters. The number of aryl methyl sites for hydroxylation is 3. The van der Waals surface area contributed by atoms with Crippen LogP contribution >= 0.6 is 0 Å². The lowest BCUT2D eigenvalue weighted by Gasteiger charge is -2.22. The first-order valence-corrected chi connectivity index (χ1v) is 7.27. The Morgan fingerprint density at radius 3 is 2.30 bits per heavy atom. The van der Waals surface area contributed by atoms with Crippen molar-refractivity contribution in [3.8, 4) is 0 Å². The Morgan fingerprint density at radius 1 is 1.05 bits per heavy atom. The zero-order chi connectivity index (χ0) is 14.7. The summed E-state index contributed by atoms with van der Waals surface area (Å²) in [5.74, 6) is 0. The fraction of sp³-hybridized carbons (Fsp3) is 0.389. The van der Waals surface area contributed by atoms with E-state index in [0.29, 0.717) is 0 Å². The standard InChI is InChI=1S/C18H24N2/c1-6-19-18(16-10-13(3)20-14(4)11-16)17-9-7-8-12(2)15(17)5/h7-11,18-19H,6H2,1-5H3. The van der Waals surface area contributed by atoms with E-state index in [1.165, 1.54) is 22.3 Å². The second-order valence-electron chi connectivity index (χ2n) is 5.46. The third-order valence-electron chi connectivity index (χ3n) is 3.80. The van der Waals surface area contributed by atoms with Crippen LogP contribution in [0.3, 0.4) is 0 Å². The maximum atomic E-state index is 4.48. The Morgan fingerprint density at radius 2 is 1.70 bits per heavy atom. The highest BCUT2D eigenvalue weighted by Crippen LogP contribution is 2.27. The minimum Gasteiger partial charge on any atom is -0.307 e. The smallest absolute Gasteiger partial charge is 0.0580 e. The Kier molecular flexibility index (Phi) is 4.56. The van der Waals surface area contributed by atoms with Crippen molar-refractivity contribution in [1.29, 1.82) is 0 Å². The molecule has 0 aliphatic carbocycles. The summed E-state index contributed by atoms with van der Waals surface area (Å²) in [5.41, 5.74) is 7.52. The number of nitrogens with zero attached hydrogens (tertiary/aromatic N) is 1. The lowest BCUT2D eigenvalue weighted by molar-refractivity contribution is 0.625. The first kappa shape index (κ1) is 14.7. The molecule has 2 heteroatoms. The average Bonchev–Trinajstić information content (AvgIpc) is 2.38. The van der Waals surface area contributed by atoms with Gasteiger partial charge in [-0.2, -0.15) is 0 Å². The molecule has 0 spiro atoms. The Bertz CT molecular complexity index is 582. The zero-order valence-electron chi connectivity index (χ0n) is 13.1. The molecule has 0 saturated heterocycles. The van der Waals surface area contributed by atoms with E-state index in [-0.39, 0.29) is 6.04 Å². The van der Waals surface area contributed by atoms with Crippen LogP contribution in [0.2, 0.25) is 0 Å². The molecule has 1 aromatic carbocycles. The van der Waals surface area contributed by atoms with Gasteiger partial charge in [-0.05, 0) is 68.6 Å². The van der Waals surface area contributed by atoms with Crippen molar-refractivity contribution in [2.24, 2.45) is 0 Å². The molecule has 0 fully saturated rings. The van der Waals surface area contributed by atoms with Crippen LogP contribution in [0.4, 0.5) is 0 Å². The predicted molar refractivity (Wildman–Crippen MR) is 85.1 cm³/mol. The van der Waals surface area contributed by atoms with Crippen LogP contribution in [0.1, 0.15) is 46.6 Å². The van der Waals surface area contributed by atoms with Gasteiger partial charge in [0.15, 0.2) is 0 Å². The summed E-state index contributed by atoms with van der Waals surface area (Å²) in [5, 5.41) is 3.61. The van der Waals surface area contributed by atoms with Crippen LogP contribution < -0.4 is 5.32 Å². The molecule has 0 aliphatic rings. The van der Waals surface area contributed by atoms with Crippen molar-refractivity contribution in [3.63, 3.8) is 0 Å². The van der Waals surface area contributed by atoms with Crippen LogP contribution in [-0.2, 0) is 0 Å². The lowest BCUT2D eigenvalue weighted by atomic mass is 9.92. The molecule has 0 saturated carbocycles. The summed E-state index contributed by atoms with van der Waals surface area (Å²) in [4.78, 5) is 4.48. The van der Waals surface area contributed by atoms with Crippen LogP contribution in [0.25, 0.3) is 0 Å². The third kappa shape index (κ3) is 3.07. The van der Waals surface area contributed by atoms with Crippen LogP contribution in [0.5, 0.6) is 0 Å². The minimum atomic E-state index is 0.236. The molecule has 1 aromatic heterocycles. The quantitative estimate of drug-likeness (QED) is 0.906. The second-order valence-corrected chi connectivity index (χ2v) is 5.46. The summed E-state index contributed by atoms with van der Waals surface area (Å²) >= 11 is 0. The summed E-state index contributed by atoms with van der Waals surface area (Å²) < 4.78 is 0. The molecule has 106 valence electrons. The van der Waals surface area contributed by atoms with Crippen molar-refractivity contribution in [1.82, 2.24) is 10.3 Å². The van der Waals surface area contributed by atoms with Gasteiger partial charge in [0.25, 0.3) is 0 Å². The zero-order valence-corrected chi connectivity index (χ0v) is 13.1. The van der Waals surface area contributed by atoms with Gasteiger partial charge in [-0.25, -0.2) is 0 Å². The van der Waals surface area contributed by atoms with Crippen molar-refractivity contribution < 1.29 is 0 Å². The lowest BCUT2D eigenvalue weighted by Crippen LogP contribution is -2.23. The van der Waals surface area contributed by atoms with E-state index < -0.39 is 0 Å². The number of nitrogens with one attached hydrogen (secondary N) is 1. The maximum Gasteiger partial charge on any atom is 0.0580 e. The molecule has 0 amide bonds. The summed E-state index contributed by atoms with van der Waals surface area (Å²) in [7, 11) is 0. The molecule has 1 heterocycles. The first-order chi connectivity index (χ1) is 9.52. The van der Waals surface area contributed by atoms with Gasteiger partial charge in [-0.15, -0.1) is 0 Å². The Balaban J connectivity index is 2.53. The molecule has 0 bridgehead atoms. The molecule has 20 heavy (non-hydrogen) atoms. The SMILES string of the molecule is CCNC(c1cc(C)nc(C)c1)c1cccc(C)c1C. The Labute approximate surface area is 122 Å². The topological polar surface area (TPSA) is 24.9 Å². The highest BCUT2D eigenvalue weighted by molar-refractivity contribution is 5.41. The fourth-order valence-corrected chi connectivity index (χ4v) is 2.73. The van der Waals surface area contributed by atoms with E-state index >= 15 is 0 Å². The molecule has 2 rings (SSSR count). The second kappa shape index (κ2) is 6.19. The molecule has 2 aromatic rings. The van der Waals surface area contributed by atoms with Gasteiger partial charge in [0, 0.05) is 11.4 Å². The van der Waals surface area contributed by atoms with Crippen molar-refractivity contribution in [3.05, 3.63) is 64.0 Å². The van der Waals surface area contributed by atoms with Gasteiger partial charge in [0.05, 0.1) is 6.04 Å². The van der Waals surface area contributed by atoms with Crippen LogP contribution in [-0.4, -0.2) is 11.5 Å². The maximum absolute atomic E-state index is 4.48. The van der Waals surface area contributed by atoms with Gasteiger partial charge < -0.3 is 5.32 Å². The van der Waals surface area contributed by atoms with Gasteiger partial charge in [-0.3, -0.25) is 4.98 Å². The Hall–Kier alpha value is -1.67. The molecular formula is C18H24N2. The largest absolute Gasteiger partial charge is 0.307 e. The van der Waals surface area contributed by atoms with E-state index in [9.17, 15) is 0 Å². The number of hydrogen-bond donors (Lipinski definition) is 1. The van der Waals surface area contributed by atoms with E-state index in [2.05, 4.69) is 75.3 Å². The third-order valence-corrected chi connectivity index (χ3v) is 3.80. The number of benzene rings is 1. The number of hydrogen-bond acceptors (Lipinski definition) is 2. The summed E-state index contributed by atoms with van der Waals surface area (Å²) in [6.45, 7) is 11.6. The van der Waals surface area contributed by atoms with E-state index in [1.54, 1.807) is 0 Å². The first-order valence-electron chi connectivity index (χ1n) is 7.27. The number of pyridine rings is 1. The monoisotopic (exact) mass is 268 g/mol. The molecule has 0 aliphatic heterocycles. The van der Waals surface area contributed by atoms with E-state index in [1.807, 2.05) is 0 Å².